The summed E-state index contributed by atoms with van der Waals surface area (Å²) in [5, 5.41) is 3.39. The molecule has 1 aromatic heterocycles. The molecule has 2 heterocycles. The van der Waals surface area contributed by atoms with Crippen LogP contribution in [0, 0.1) is 13.8 Å². The maximum absolute atomic E-state index is 12.8. The van der Waals surface area contributed by atoms with Crippen LogP contribution < -0.4 is 16.6 Å². The summed E-state index contributed by atoms with van der Waals surface area (Å²) >= 11 is 0. The van der Waals surface area contributed by atoms with Gasteiger partial charge in [-0.1, -0.05) is 36.4 Å². The molecule has 0 atom stereocenters. The van der Waals surface area contributed by atoms with Gasteiger partial charge in [-0.3, -0.25) is 19.3 Å². The molecule has 0 bridgehead atoms. The van der Waals surface area contributed by atoms with Gasteiger partial charge < -0.3 is 5.32 Å². The minimum atomic E-state index is -0.396. The number of aromatic amines is 1. The molecule has 6 heteroatoms. The number of anilines is 2. The smallest absolute Gasteiger partial charge is 0.329 e. The Kier molecular flexibility index (Phi) is 6.16. The molecule has 31 heavy (non-hydrogen) atoms. The molecule has 4 rings (SSSR count). The van der Waals surface area contributed by atoms with Crippen molar-refractivity contribution in [1.29, 1.82) is 0 Å². The summed E-state index contributed by atoms with van der Waals surface area (Å²) in [5.74, 6) is 0.535. The van der Waals surface area contributed by atoms with E-state index in [9.17, 15) is 9.59 Å². The fraction of sp³-hybridized carbons (Fsp3) is 0.320. The molecule has 160 valence electrons. The Labute approximate surface area is 181 Å². The van der Waals surface area contributed by atoms with E-state index >= 15 is 0 Å². The van der Waals surface area contributed by atoms with Gasteiger partial charge in [0.05, 0.1) is 5.71 Å². The number of nitrogens with zero attached hydrogens (tertiary/aromatic N) is 2. The molecule has 1 aliphatic rings. The van der Waals surface area contributed by atoms with Gasteiger partial charge in [0, 0.05) is 18.8 Å². The first-order valence-electron chi connectivity index (χ1n) is 10.8. The van der Waals surface area contributed by atoms with Gasteiger partial charge in [0.25, 0.3) is 5.56 Å². The van der Waals surface area contributed by atoms with Gasteiger partial charge in [0.1, 0.15) is 11.4 Å². The maximum atomic E-state index is 12.8. The minimum absolute atomic E-state index is 0.378. The highest BCUT2D eigenvalue weighted by Crippen LogP contribution is 2.23. The summed E-state index contributed by atoms with van der Waals surface area (Å²) in [6, 6.07) is 16.3. The highest BCUT2D eigenvalue weighted by molar-refractivity contribution is 6.05. The number of hydrogen-bond donors (Lipinski definition) is 2. The highest BCUT2D eigenvalue weighted by atomic mass is 16.2. The molecule has 2 N–H and O–H groups in total. The van der Waals surface area contributed by atoms with E-state index in [0.29, 0.717) is 24.5 Å². The topological polar surface area (TPSA) is 79.2 Å². The molecule has 2 aromatic carbocycles. The largest absolute Gasteiger partial charge is 0.341 e. The Morgan fingerprint density at radius 1 is 1.06 bits per heavy atom. The molecule has 0 saturated carbocycles. The van der Waals surface area contributed by atoms with Gasteiger partial charge >= 0.3 is 5.69 Å². The second-order valence-electron chi connectivity index (χ2n) is 8.16. The number of hydrogen-bond acceptors (Lipinski definition) is 4. The van der Waals surface area contributed by atoms with Crippen LogP contribution in [0.15, 0.2) is 63.1 Å². The van der Waals surface area contributed by atoms with Crippen LogP contribution in [0.3, 0.4) is 0 Å². The fourth-order valence-corrected chi connectivity index (χ4v) is 4.20. The lowest BCUT2D eigenvalue weighted by atomic mass is 10.1. The standard InChI is InChI=1S/C25H28N4O2/c1-17-14-18(2)16-20(15-17)27-23-22(21-11-6-12-26-21)24(30)28-25(31)29(23)13-7-10-19-8-4-3-5-9-19/h3-5,8-9,14-16,27H,6-7,10-13H2,1-2H3,(H,28,30,31). The number of aliphatic imine (C=N–C) groups is 1. The Bertz CT molecular complexity index is 1200. The third-order valence-electron chi connectivity index (χ3n) is 5.54. The number of rotatable bonds is 7. The summed E-state index contributed by atoms with van der Waals surface area (Å²) < 4.78 is 1.65. The van der Waals surface area contributed by atoms with Gasteiger partial charge in [-0.15, -0.1) is 0 Å². The van der Waals surface area contributed by atoms with Crippen molar-refractivity contribution in [3.63, 3.8) is 0 Å². The van der Waals surface area contributed by atoms with E-state index in [-0.39, 0.29) is 5.56 Å². The van der Waals surface area contributed by atoms with Crippen LogP contribution in [0.1, 0.15) is 41.5 Å². The van der Waals surface area contributed by atoms with Crippen LogP contribution in [-0.2, 0) is 13.0 Å². The quantitative estimate of drug-likeness (QED) is 0.608. The molecule has 0 amide bonds. The molecule has 0 unspecified atom stereocenters. The summed E-state index contributed by atoms with van der Waals surface area (Å²) in [5.41, 5.74) is 4.79. The summed E-state index contributed by atoms with van der Waals surface area (Å²) in [4.78, 5) is 32.7. The number of aromatic nitrogens is 2. The van der Waals surface area contributed by atoms with E-state index in [1.54, 1.807) is 4.57 Å². The minimum Gasteiger partial charge on any atom is -0.341 e. The van der Waals surface area contributed by atoms with E-state index in [2.05, 4.69) is 33.5 Å². The molecular formula is C25H28N4O2. The van der Waals surface area contributed by atoms with Gasteiger partial charge in [0.2, 0.25) is 0 Å². The molecule has 6 nitrogen and oxygen atoms in total. The molecule has 1 aliphatic heterocycles. The first kappa shape index (κ1) is 20.8. The van der Waals surface area contributed by atoms with Crippen molar-refractivity contribution in [3.8, 4) is 0 Å². The van der Waals surface area contributed by atoms with Crippen LogP contribution in [-0.4, -0.2) is 21.8 Å². The van der Waals surface area contributed by atoms with Crippen molar-refractivity contribution >= 4 is 17.2 Å². The predicted octanol–water partition coefficient (Wildman–Crippen LogP) is 4.11. The van der Waals surface area contributed by atoms with Gasteiger partial charge in [-0.25, -0.2) is 4.79 Å². The monoisotopic (exact) mass is 416 g/mol. The zero-order valence-electron chi connectivity index (χ0n) is 18.1. The number of aryl methyl sites for hydroxylation is 3. The Morgan fingerprint density at radius 2 is 1.81 bits per heavy atom. The maximum Gasteiger partial charge on any atom is 0.329 e. The van der Waals surface area contributed by atoms with Crippen molar-refractivity contribution in [2.75, 3.05) is 11.9 Å². The van der Waals surface area contributed by atoms with Crippen LogP contribution in [0.25, 0.3) is 0 Å². The van der Waals surface area contributed by atoms with Crippen molar-refractivity contribution < 1.29 is 0 Å². The van der Waals surface area contributed by atoms with E-state index in [1.165, 1.54) is 5.56 Å². The first-order valence-corrected chi connectivity index (χ1v) is 10.8. The highest BCUT2D eigenvalue weighted by Gasteiger charge is 2.22. The van der Waals surface area contributed by atoms with Crippen LogP contribution in [0.4, 0.5) is 11.5 Å². The average molecular weight is 417 g/mol. The Hall–Kier alpha value is -3.41. The van der Waals surface area contributed by atoms with Gasteiger partial charge in [-0.2, -0.15) is 0 Å². The lowest BCUT2D eigenvalue weighted by Gasteiger charge is -2.18. The van der Waals surface area contributed by atoms with Crippen LogP contribution in [0.5, 0.6) is 0 Å². The lowest BCUT2D eigenvalue weighted by molar-refractivity contribution is 0.611. The average Bonchev–Trinajstić information content (AvgIpc) is 3.24. The molecule has 0 fully saturated rings. The molecule has 0 radical (unpaired) electrons. The van der Waals surface area contributed by atoms with Gasteiger partial charge in [0.15, 0.2) is 0 Å². The second kappa shape index (κ2) is 9.16. The fourth-order valence-electron chi connectivity index (χ4n) is 4.20. The first-order chi connectivity index (χ1) is 15.0. The number of benzene rings is 2. The molecule has 0 spiro atoms. The van der Waals surface area contributed by atoms with Crippen molar-refractivity contribution in [2.45, 2.75) is 46.1 Å². The summed E-state index contributed by atoms with van der Waals surface area (Å²) in [7, 11) is 0. The van der Waals surface area contributed by atoms with Gasteiger partial charge in [-0.05, 0) is 68.4 Å². The van der Waals surface area contributed by atoms with Crippen LogP contribution >= 0.6 is 0 Å². The molecule has 0 aliphatic carbocycles. The zero-order valence-corrected chi connectivity index (χ0v) is 18.1. The Balaban J connectivity index is 1.74. The van der Waals surface area contributed by atoms with Crippen molar-refractivity contribution in [1.82, 2.24) is 9.55 Å². The Morgan fingerprint density at radius 3 is 2.48 bits per heavy atom. The third kappa shape index (κ3) is 4.85. The zero-order chi connectivity index (χ0) is 21.8. The van der Waals surface area contributed by atoms with Crippen molar-refractivity contribution in [3.05, 3.63) is 91.6 Å². The second-order valence-corrected chi connectivity index (χ2v) is 8.16. The predicted molar refractivity (Wildman–Crippen MR) is 126 cm³/mol. The van der Waals surface area contributed by atoms with Crippen molar-refractivity contribution in [2.24, 2.45) is 4.99 Å². The lowest BCUT2D eigenvalue weighted by Crippen LogP contribution is -2.36. The van der Waals surface area contributed by atoms with Crippen LogP contribution in [0.2, 0.25) is 0 Å². The SMILES string of the molecule is Cc1cc(C)cc(Nc2c(C3=NCCC3)c(=O)[nH]c(=O)n2CCCc2ccccc2)c1. The third-order valence-corrected chi connectivity index (χ3v) is 5.54. The number of nitrogens with one attached hydrogen (secondary N) is 2. The summed E-state index contributed by atoms with van der Waals surface area (Å²) in [6.07, 6.45) is 3.30. The molecule has 0 saturated heterocycles. The summed E-state index contributed by atoms with van der Waals surface area (Å²) in [6.45, 7) is 5.28. The van der Waals surface area contributed by atoms with E-state index in [1.807, 2.05) is 44.2 Å². The normalized spacial score (nSPS) is 13.3. The van der Waals surface area contributed by atoms with E-state index < -0.39 is 5.69 Å². The molecular weight excluding hydrogens is 388 g/mol. The van der Waals surface area contributed by atoms with E-state index in [0.717, 1.165) is 48.2 Å². The molecule has 3 aromatic rings. The number of H-pyrrole nitrogens is 1. The van der Waals surface area contributed by atoms with E-state index in [4.69, 9.17) is 0 Å².